The summed E-state index contributed by atoms with van der Waals surface area (Å²) in [5, 5.41) is 7.50. The van der Waals surface area contributed by atoms with E-state index in [1.165, 1.54) is 17.0 Å². The number of rotatable bonds is 5. The molecule has 0 spiro atoms. The van der Waals surface area contributed by atoms with Crippen molar-refractivity contribution in [1.82, 2.24) is 19.1 Å². The fraction of sp³-hybridized carbons (Fsp3) is 0.250. The summed E-state index contributed by atoms with van der Waals surface area (Å²) in [6.45, 7) is 0.585. The number of sulfonamides is 1. The molecule has 1 N–H and O–H groups in total. The Hall–Kier alpha value is -2.75. The fourth-order valence-electron chi connectivity index (χ4n) is 3.48. The SMILES string of the molecule is O=C(Nc1cc(Cl)ccc1-n1cncn1)C1CCN(S(=O)(=O)c2ccccc2)CC1. The first-order valence-corrected chi connectivity index (χ1v) is 11.3. The molecular weight excluding hydrogens is 426 g/mol. The van der Waals surface area contributed by atoms with Gasteiger partial charge in [-0.1, -0.05) is 29.8 Å². The van der Waals surface area contributed by atoms with Crippen LogP contribution in [0.2, 0.25) is 5.02 Å². The molecule has 0 saturated carbocycles. The van der Waals surface area contributed by atoms with Gasteiger partial charge in [0.25, 0.3) is 0 Å². The van der Waals surface area contributed by atoms with E-state index in [-0.39, 0.29) is 16.7 Å². The molecule has 156 valence electrons. The third-order valence-corrected chi connectivity index (χ3v) is 7.24. The van der Waals surface area contributed by atoms with E-state index in [0.29, 0.717) is 42.3 Å². The number of halogens is 1. The summed E-state index contributed by atoms with van der Waals surface area (Å²) < 4.78 is 28.5. The van der Waals surface area contributed by atoms with E-state index in [4.69, 9.17) is 11.6 Å². The second kappa shape index (κ2) is 8.55. The number of piperidine rings is 1. The van der Waals surface area contributed by atoms with Crippen LogP contribution in [0.5, 0.6) is 0 Å². The largest absolute Gasteiger partial charge is 0.324 e. The standard InChI is InChI=1S/C20H20ClN5O3S/c21-16-6-7-19(26-14-22-13-23-26)18(12-16)24-20(27)15-8-10-25(11-9-15)30(28,29)17-4-2-1-3-5-17/h1-7,12-15H,8-11H2,(H,24,27). The Kier molecular flexibility index (Phi) is 5.85. The Bertz CT molecular complexity index is 1130. The number of nitrogens with one attached hydrogen (secondary N) is 1. The van der Waals surface area contributed by atoms with Gasteiger partial charge < -0.3 is 5.32 Å². The maximum absolute atomic E-state index is 12.9. The minimum Gasteiger partial charge on any atom is -0.324 e. The summed E-state index contributed by atoms with van der Waals surface area (Å²) in [6.07, 6.45) is 3.82. The van der Waals surface area contributed by atoms with Crippen molar-refractivity contribution in [2.24, 2.45) is 5.92 Å². The molecule has 0 bridgehead atoms. The van der Waals surface area contributed by atoms with Crippen LogP contribution in [0.3, 0.4) is 0 Å². The fourth-order valence-corrected chi connectivity index (χ4v) is 5.14. The van der Waals surface area contributed by atoms with Gasteiger partial charge in [0.05, 0.1) is 16.3 Å². The molecular formula is C20H20ClN5O3S. The highest BCUT2D eigenvalue weighted by Crippen LogP contribution is 2.28. The zero-order valence-corrected chi connectivity index (χ0v) is 17.6. The van der Waals surface area contributed by atoms with Crippen LogP contribution in [-0.4, -0.2) is 46.5 Å². The van der Waals surface area contributed by atoms with Crippen LogP contribution in [0.15, 0.2) is 66.1 Å². The molecule has 1 amide bonds. The molecule has 2 heterocycles. The number of hydrogen-bond acceptors (Lipinski definition) is 5. The lowest BCUT2D eigenvalue weighted by atomic mass is 9.97. The first-order chi connectivity index (χ1) is 14.4. The lowest BCUT2D eigenvalue weighted by Gasteiger charge is -2.30. The van der Waals surface area contributed by atoms with Crippen molar-refractivity contribution in [2.45, 2.75) is 17.7 Å². The zero-order chi connectivity index (χ0) is 21.1. The molecule has 3 aromatic rings. The highest BCUT2D eigenvalue weighted by atomic mass is 35.5. The average molecular weight is 446 g/mol. The van der Waals surface area contributed by atoms with Crippen LogP contribution in [-0.2, 0) is 14.8 Å². The summed E-state index contributed by atoms with van der Waals surface area (Å²) in [7, 11) is -3.55. The number of amides is 1. The maximum Gasteiger partial charge on any atom is 0.243 e. The summed E-state index contributed by atoms with van der Waals surface area (Å²) in [5.74, 6) is -0.467. The third-order valence-electron chi connectivity index (χ3n) is 5.09. The smallest absolute Gasteiger partial charge is 0.243 e. The first kappa shape index (κ1) is 20.5. The molecule has 0 unspecified atom stereocenters. The van der Waals surface area contributed by atoms with Gasteiger partial charge in [0.2, 0.25) is 15.9 Å². The molecule has 4 rings (SSSR count). The molecule has 0 radical (unpaired) electrons. The molecule has 1 fully saturated rings. The Morgan fingerprint density at radius 1 is 1.10 bits per heavy atom. The predicted molar refractivity (Wildman–Crippen MR) is 113 cm³/mol. The predicted octanol–water partition coefficient (Wildman–Crippen LogP) is 2.96. The van der Waals surface area contributed by atoms with E-state index < -0.39 is 10.0 Å². The number of hydrogen-bond donors (Lipinski definition) is 1. The maximum atomic E-state index is 12.9. The molecule has 30 heavy (non-hydrogen) atoms. The van der Waals surface area contributed by atoms with E-state index in [9.17, 15) is 13.2 Å². The number of anilines is 1. The van der Waals surface area contributed by atoms with E-state index in [2.05, 4.69) is 15.4 Å². The minimum absolute atomic E-state index is 0.171. The number of carbonyl (C=O) groups excluding carboxylic acids is 1. The van der Waals surface area contributed by atoms with E-state index in [0.717, 1.165) is 0 Å². The Balaban J connectivity index is 1.44. The van der Waals surface area contributed by atoms with Crippen LogP contribution < -0.4 is 5.32 Å². The topological polar surface area (TPSA) is 97.2 Å². The van der Waals surface area contributed by atoms with Crippen LogP contribution >= 0.6 is 11.6 Å². The van der Waals surface area contributed by atoms with Crippen LogP contribution in [0.4, 0.5) is 5.69 Å². The van der Waals surface area contributed by atoms with Crippen LogP contribution in [0.25, 0.3) is 5.69 Å². The van der Waals surface area contributed by atoms with Gasteiger partial charge in [-0.05, 0) is 43.2 Å². The van der Waals surface area contributed by atoms with Crippen molar-refractivity contribution < 1.29 is 13.2 Å². The first-order valence-electron chi connectivity index (χ1n) is 9.46. The van der Waals surface area contributed by atoms with Gasteiger partial charge >= 0.3 is 0 Å². The normalized spacial score (nSPS) is 15.8. The van der Waals surface area contributed by atoms with Crippen molar-refractivity contribution in [3.8, 4) is 5.69 Å². The number of carbonyl (C=O) groups is 1. The number of benzene rings is 2. The van der Waals surface area contributed by atoms with Gasteiger partial charge in [-0.2, -0.15) is 9.40 Å². The molecule has 10 heteroatoms. The van der Waals surface area contributed by atoms with Gasteiger partial charge in [0.1, 0.15) is 12.7 Å². The van der Waals surface area contributed by atoms with Crippen molar-refractivity contribution in [1.29, 1.82) is 0 Å². The van der Waals surface area contributed by atoms with Gasteiger partial charge in [0, 0.05) is 24.0 Å². The third kappa shape index (κ3) is 4.23. The van der Waals surface area contributed by atoms with E-state index >= 15 is 0 Å². The van der Waals surface area contributed by atoms with Gasteiger partial charge in [-0.15, -0.1) is 0 Å². The Morgan fingerprint density at radius 3 is 2.50 bits per heavy atom. The second-order valence-corrected chi connectivity index (χ2v) is 9.36. The highest BCUT2D eigenvalue weighted by Gasteiger charge is 2.32. The lowest BCUT2D eigenvalue weighted by molar-refractivity contribution is -0.120. The van der Waals surface area contributed by atoms with Gasteiger partial charge in [0.15, 0.2) is 0 Å². The molecule has 1 aliphatic rings. The quantitative estimate of drug-likeness (QED) is 0.651. The minimum atomic E-state index is -3.55. The molecule has 1 aliphatic heterocycles. The van der Waals surface area contributed by atoms with E-state index in [1.807, 2.05) is 0 Å². The molecule has 0 atom stereocenters. The number of nitrogens with zero attached hydrogens (tertiary/aromatic N) is 4. The van der Waals surface area contributed by atoms with Crippen molar-refractivity contribution in [2.75, 3.05) is 18.4 Å². The Morgan fingerprint density at radius 2 is 1.83 bits per heavy atom. The highest BCUT2D eigenvalue weighted by molar-refractivity contribution is 7.89. The summed E-state index contributed by atoms with van der Waals surface area (Å²) >= 11 is 6.11. The van der Waals surface area contributed by atoms with Gasteiger partial charge in [-0.3, -0.25) is 4.79 Å². The molecule has 0 aliphatic carbocycles. The molecule has 1 saturated heterocycles. The zero-order valence-electron chi connectivity index (χ0n) is 16.0. The second-order valence-electron chi connectivity index (χ2n) is 6.98. The summed E-state index contributed by atoms with van der Waals surface area (Å²) in [4.78, 5) is 17.1. The van der Waals surface area contributed by atoms with Gasteiger partial charge in [-0.25, -0.2) is 18.1 Å². The average Bonchev–Trinajstić information content (AvgIpc) is 3.29. The number of aromatic nitrogens is 3. The molecule has 1 aromatic heterocycles. The van der Waals surface area contributed by atoms with Crippen molar-refractivity contribution >= 4 is 33.2 Å². The van der Waals surface area contributed by atoms with Crippen LogP contribution in [0, 0.1) is 5.92 Å². The van der Waals surface area contributed by atoms with Crippen molar-refractivity contribution in [3.63, 3.8) is 0 Å². The summed E-state index contributed by atoms with van der Waals surface area (Å²) in [5.41, 5.74) is 1.17. The van der Waals surface area contributed by atoms with E-state index in [1.54, 1.807) is 53.2 Å². The summed E-state index contributed by atoms with van der Waals surface area (Å²) in [6, 6.07) is 13.5. The Labute approximate surface area is 179 Å². The molecule has 2 aromatic carbocycles. The lowest BCUT2D eigenvalue weighted by Crippen LogP contribution is -2.41. The van der Waals surface area contributed by atoms with Crippen molar-refractivity contribution in [3.05, 3.63) is 66.2 Å². The molecule has 8 nitrogen and oxygen atoms in total. The van der Waals surface area contributed by atoms with Crippen LogP contribution in [0.1, 0.15) is 12.8 Å². The monoisotopic (exact) mass is 445 g/mol.